The van der Waals surface area contributed by atoms with Gasteiger partial charge in [0.15, 0.2) is 11.5 Å². The van der Waals surface area contributed by atoms with Gasteiger partial charge < -0.3 is 14.8 Å². The largest absolute Gasteiger partial charge is 0.454 e. The molecular weight excluding hydrogens is 346 g/mol. The minimum absolute atomic E-state index is 0.189. The van der Waals surface area contributed by atoms with Crippen molar-refractivity contribution in [2.45, 2.75) is 6.42 Å². The summed E-state index contributed by atoms with van der Waals surface area (Å²) in [7, 11) is 0. The summed E-state index contributed by atoms with van der Waals surface area (Å²) in [6, 6.07) is 11.9. The van der Waals surface area contributed by atoms with Crippen LogP contribution in [0.1, 0.15) is 12.0 Å². The van der Waals surface area contributed by atoms with Crippen molar-refractivity contribution in [2.75, 3.05) is 12.1 Å². The third-order valence-electron chi connectivity index (χ3n) is 3.23. The highest BCUT2D eigenvalue weighted by Crippen LogP contribution is 2.31. The van der Waals surface area contributed by atoms with E-state index in [1.807, 2.05) is 0 Å². The van der Waals surface area contributed by atoms with Crippen LogP contribution in [-0.2, 0) is 9.59 Å². The van der Waals surface area contributed by atoms with Crippen molar-refractivity contribution in [3.8, 4) is 11.5 Å². The molecule has 1 heterocycles. The molecule has 25 heavy (non-hydrogen) atoms. The third kappa shape index (κ3) is 4.71. The van der Waals surface area contributed by atoms with Crippen LogP contribution in [0.4, 0.5) is 5.69 Å². The Morgan fingerprint density at radius 3 is 2.80 bits per heavy atom. The summed E-state index contributed by atoms with van der Waals surface area (Å²) in [6.45, 7) is 0.189. The summed E-state index contributed by atoms with van der Waals surface area (Å²) in [5.74, 6) is 0.296. The molecule has 2 amide bonds. The maximum Gasteiger partial charge on any atom is 0.249 e. The first kappa shape index (κ1) is 16.8. The third-order valence-corrected chi connectivity index (χ3v) is 3.46. The molecule has 0 aliphatic carbocycles. The van der Waals surface area contributed by atoms with Gasteiger partial charge in [-0.2, -0.15) is 5.10 Å². The summed E-state index contributed by atoms with van der Waals surface area (Å²) in [6.07, 6.45) is 1.10. The highest BCUT2D eigenvalue weighted by atomic mass is 35.5. The average Bonchev–Trinajstić information content (AvgIpc) is 3.02. The first-order valence-corrected chi connectivity index (χ1v) is 7.75. The summed E-state index contributed by atoms with van der Waals surface area (Å²) < 4.78 is 10.5. The van der Waals surface area contributed by atoms with Crippen molar-refractivity contribution in [2.24, 2.45) is 5.10 Å². The van der Waals surface area contributed by atoms with Gasteiger partial charge in [-0.25, -0.2) is 5.43 Å². The van der Waals surface area contributed by atoms with E-state index in [-0.39, 0.29) is 13.2 Å². The van der Waals surface area contributed by atoms with Gasteiger partial charge in [-0.05, 0) is 42.0 Å². The predicted octanol–water partition coefficient (Wildman–Crippen LogP) is 2.55. The Kier molecular flexibility index (Phi) is 5.15. The Hall–Kier alpha value is -3.06. The van der Waals surface area contributed by atoms with E-state index in [1.165, 1.54) is 6.21 Å². The van der Waals surface area contributed by atoms with Gasteiger partial charge in [0.05, 0.1) is 6.21 Å². The van der Waals surface area contributed by atoms with E-state index in [1.54, 1.807) is 42.5 Å². The van der Waals surface area contributed by atoms with E-state index in [0.29, 0.717) is 22.2 Å². The maximum absolute atomic E-state index is 11.8. The second kappa shape index (κ2) is 7.67. The number of rotatable bonds is 5. The number of fused-ring (bicyclic) bond motifs is 1. The molecule has 7 nitrogen and oxygen atoms in total. The summed E-state index contributed by atoms with van der Waals surface area (Å²) in [4.78, 5) is 23.5. The minimum Gasteiger partial charge on any atom is -0.454 e. The second-order valence-electron chi connectivity index (χ2n) is 5.14. The van der Waals surface area contributed by atoms with Crippen molar-refractivity contribution in [1.29, 1.82) is 0 Å². The Labute approximate surface area is 148 Å². The molecule has 8 heteroatoms. The maximum atomic E-state index is 11.8. The topological polar surface area (TPSA) is 89.0 Å². The number of anilines is 1. The number of ether oxygens (including phenoxy) is 2. The number of carbonyl (C=O) groups excluding carboxylic acids is 2. The normalized spacial score (nSPS) is 12.2. The molecule has 0 spiro atoms. The van der Waals surface area contributed by atoms with Crippen LogP contribution in [0.5, 0.6) is 11.5 Å². The van der Waals surface area contributed by atoms with Crippen LogP contribution in [0, 0.1) is 0 Å². The first-order chi connectivity index (χ1) is 12.1. The van der Waals surface area contributed by atoms with Crippen molar-refractivity contribution in [3.05, 3.63) is 53.1 Å². The van der Waals surface area contributed by atoms with Crippen LogP contribution in [0.25, 0.3) is 0 Å². The molecule has 1 aliphatic rings. The zero-order chi connectivity index (χ0) is 17.6. The lowest BCUT2D eigenvalue weighted by Crippen LogP contribution is -2.24. The van der Waals surface area contributed by atoms with Crippen LogP contribution in [0.2, 0.25) is 5.02 Å². The van der Waals surface area contributed by atoms with Gasteiger partial charge in [0.2, 0.25) is 18.6 Å². The van der Waals surface area contributed by atoms with Crippen LogP contribution < -0.4 is 20.2 Å². The van der Waals surface area contributed by atoms with E-state index in [4.69, 9.17) is 21.1 Å². The van der Waals surface area contributed by atoms with E-state index in [9.17, 15) is 9.59 Å². The van der Waals surface area contributed by atoms with Gasteiger partial charge in [0.25, 0.3) is 0 Å². The smallest absolute Gasteiger partial charge is 0.249 e. The Bertz CT molecular complexity index is 838. The molecule has 0 atom stereocenters. The van der Waals surface area contributed by atoms with E-state index < -0.39 is 11.8 Å². The summed E-state index contributed by atoms with van der Waals surface area (Å²) >= 11 is 5.83. The molecule has 0 saturated heterocycles. The van der Waals surface area contributed by atoms with Gasteiger partial charge in [-0.1, -0.05) is 17.7 Å². The SMILES string of the molecule is O=C(CC(=O)Nc1cccc(Cl)c1)N/N=C\c1ccc2c(c1)OCO2. The zero-order valence-corrected chi connectivity index (χ0v) is 13.7. The Balaban J connectivity index is 1.48. The number of amides is 2. The number of hydrogen-bond donors (Lipinski definition) is 2. The highest BCUT2D eigenvalue weighted by molar-refractivity contribution is 6.30. The van der Waals surface area contributed by atoms with Gasteiger partial charge in [0.1, 0.15) is 6.42 Å². The van der Waals surface area contributed by atoms with E-state index in [0.717, 1.165) is 5.56 Å². The van der Waals surface area contributed by atoms with Crippen molar-refractivity contribution < 1.29 is 19.1 Å². The van der Waals surface area contributed by atoms with Crippen molar-refractivity contribution >= 4 is 35.3 Å². The number of nitrogens with one attached hydrogen (secondary N) is 2. The molecule has 0 unspecified atom stereocenters. The van der Waals surface area contributed by atoms with E-state index in [2.05, 4.69) is 15.8 Å². The monoisotopic (exact) mass is 359 g/mol. The van der Waals surface area contributed by atoms with Crippen LogP contribution in [0.15, 0.2) is 47.6 Å². The molecule has 2 N–H and O–H groups in total. The first-order valence-electron chi connectivity index (χ1n) is 7.37. The average molecular weight is 360 g/mol. The molecule has 0 saturated carbocycles. The fourth-order valence-corrected chi connectivity index (χ4v) is 2.32. The number of carbonyl (C=O) groups is 2. The molecule has 0 bridgehead atoms. The number of nitrogens with zero attached hydrogens (tertiary/aromatic N) is 1. The van der Waals surface area contributed by atoms with Gasteiger partial charge in [0, 0.05) is 10.7 Å². The quantitative estimate of drug-likeness (QED) is 0.488. The summed E-state index contributed by atoms with van der Waals surface area (Å²) in [5, 5.41) is 6.90. The van der Waals surface area contributed by atoms with Crippen LogP contribution in [-0.4, -0.2) is 24.8 Å². The zero-order valence-electron chi connectivity index (χ0n) is 13.0. The van der Waals surface area contributed by atoms with Crippen molar-refractivity contribution in [1.82, 2.24) is 5.43 Å². The van der Waals surface area contributed by atoms with Crippen molar-refractivity contribution in [3.63, 3.8) is 0 Å². The van der Waals surface area contributed by atoms with Crippen LogP contribution in [0.3, 0.4) is 0 Å². The molecule has 0 radical (unpaired) electrons. The van der Waals surface area contributed by atoms with Gasteiger partial charge in [-0.3, -0.25) is 9.59 Å². The van der Waals surface area contributed by atoms with Gasteiger partial charge >= 0.3 is 0 Å². The second-order valence-corrected chi connectivity index (χ2v) is 5.58. The van der Waals surface area contributed by atoms with Gasteiger partial charge in [-0.15, -0.1) is 0 Å². The molecule has 1 aliphatic heterocycles. The lowest BCUT2D eigenvalue weighted by molar-refractivity contribution is -0.126. The predicted molar refractivity (Wildman–Crippen MR) is 93.0 cm³/mol. The summed E-state index contributed by atoms with van der Waals surface area (Å²) in [5.41, 5.74) is 3.55. The number of halogens is 1. The lowest BCUT2D eigenvalue weighted by Gasteiger charge is -2.04. The van der Waals surface area contributed by atoms with E-state index >= 15 is 0 Å². The molecule has 0 aromatic heterocycles. The molecule has 2 aromatic carbocycles. The Morgan fingerprint density at radius 2 is 1.96 bits per heavy atom. The fourth-order valence-electron chi connectivity index (χ4n) is 2.13. The molecular formula is C17H14ClN3O4. The molecule has 128 valence electrons. The minimum atomic E-state index is -0.531. The molecule has 2 aromatic rings. The number of hydrogen-bond acceptors (Lipinski definition) is 5. The number of benzene rings is 2. The fraction of sp³-hybridized carbons (Fsp3) is 0.118. The molecule has 3 rings (SSSR count). The highest BCUT2D eigenvalue weighted by Gasteiger charge is 2.12. The Morgan fingerprint density at radius 1 is 1.12 bits per heavy atom. The standard InChI is InChI=1S/C17H14ClN3O4/c18-12-2-1-3-13(7-12)20-16(22)8-17(23)21-19-9-11-4-5-14-15(6-11)25-10-24-14/h1-7,9H,8,10H2,(H,20,22)(H,21,23)/b19-9-. The molecule has 0 fully saturated rings. The lowest BCUT2D eigenvalue weighted by atomic mass is 10.2. The number of hydrazone groups is 1. The van der Waals surface area contributed by atoms with Crippen LogP contribution >= 0.6 is 11.6 Å².